The number of hydroxylamine groups is 1. The van der Waals surface area contributed by atoms with Crippen LogP contribution in [0.2, 0.25) is 0 Å². The van der Waals surface area contributed by atoms with Crippen molar-refractivity contribution in [1.82, 2.24) is 4.47 Å². The first kappa shape index (κ1) is 10.2. The number of hydrogen-bond acceptors (Lipinski definition) is 3. The van der Waals surface area contributed by atoms with Crippen LogP contribution in [-0.2, 0) is 10.0 Å². The molecule has 0 radical (unpaired) electrons. The molecular formula is C8H10NO3S-. The lowest BCUT2D eigenvalue weighted by atomic mass is 10.4. The van der Waals surface area contributed by atoms with E-state index in [9.17, 15) is 13.6 Å². The third-order valence-electron chi connectivity index (χ3n) is 1.57. The van der Waals surface area contributed by atoms with Gasteiger partial charge in [0.05, 0.1) is 4.90 Å². The van der Waals surface area contributed by atoms with Crippen LogP contribution >= 0.6 is 0 Å². The summed E-state index contributed by atoms with van der Waals surface area (Å²) >= 11 is 0. The van der Waals surface area contributed by atoms with Crippen molar-refractivity contribution in [3.05, 3.63) is 35.5 Å². The normalized spacial score (nSPS) is 11.9. The van der Waals surface area contributed by atoms with Crippen molar-refractivity contribution in [3.63, 3.8) is 0 Å². The van der Waals surface area contributed by atoms with E-state index in [-0.39, 0.29) is 15.9 Å². The molecule has 1 aromatic carbocycles. The SMILES string of the molecule is CCN([O-])S(=O)(=O)c1ccccc1. The molecule has 0 aliphatic carbocycles. The Bertz CT molecular complexity index is 360. The molecule has 0 spiro atoms. The van der Waals surface area contributed by atoms with Crippen LogP contribution in [0, 0.1) is 5.21 Å². The van der Waals surface area contributed by atoms with Gasteiger partial charge in [-0.2, -0.15) is 0 Å². The molecule has 0 aliphatic heterocycles. The quantitative estimate of drug-likeness (QED) is 0.689. The van der Waals surface area contributed by atoms with Crippen LogP contribution in [0.25, 0.3) is 0 Å². The summed E-state index contributed by atoms with van der Waals surface area (Å²) in [4.78, 5) is 0.0341. The molecule has 0 heterocycles. The van der Waals surface area contributed by atoms with Crippen LogP contribution in [0.5, 0.6) is 0 Å². The molecule has 0 saturated carbocycles. The maximum absolute atomic E-state index is 11.4. The van der Waals surface area contributed by atoms with E-state index >= 15 is 0 Å². The molecule has 0 unspecified atom stereocenters. The molecule has 5 heteroatoms. The van der Waals surface area contributed by atoms with Gasteiger partial charge >= 0.3 is 0 Å². The van der Waals surface area contributed by atoms with Gasteiger partial charge in [0.25, 0.3) is 0 Å². The van der Waals surface area contributed by atoms with Crippen molar-refractivity contribution in [2.75, 3.05) is 6.54 Å². The highest BCUT2D eigenvalue weighted by Crippen LogP contribution is 2.12. The number of sulfonamides is 1. The lowest BCUT2D eigenvalue weighted by Crippen LogP contribution is -2.24. The van der Waals surface area contributed by atoms with Gasteiger partial charge in [0.15, 0.2) is 0 Å². The Labute approximate surface area is 77.4 Å². The van der Waals surface area contributed by atoms with Crippen molar-refractivity contribution in [3.8, 4) is 0 Å². The first-order chi connectivity index (χ1) is 6.09. The summed E-state index contributed by atoms with van der Waals surface area (Å²) in [5, 5.41) is 11.0. The van der Waals surface area contributed by atoms with Gasteiger partial charge in [0, 0.05) is 0 Å². The Kier molecular flexibility index (Phi) is 3.02. The minimum Gasteiger partial charge on any atom is -0.772 e. The minimum absolute atomic E-state index is 0.0341. The Morgan fingerprint density at radius 1 is 1.31 bits per heavy atom. The summed E-state index contributed by atoms with van der Waals surface area (Å²) in [6, 6.07) is 7.65. The molecule has 0 bridgehead atoms. The minimum atomic E-state index is -3.81. The van der Waals surface area contributed by atoms with E-state index in [0.717, 1.165) is 0 Å². The van der Waals surface area contributed by atoms with Crippen molar-refractivity contribution < 1.29 is 8.42 Å². The fourth-order valence-electron chi connectivity index (χ4n) is 0.880. The van der Waals surface area contributed by atoms with Crippen LogP contribution in [0.15, 0.2) is 35.2 Å². The summed E-state index contributed by atoms with van der Waals surface area (Å²) in [6.07, 6.45) is 0. The lowest BCUT2D eigenvalue weighted by molar-refractivity contribution is 0.513. The smallest absolute Gasteiger partial charge is 0.231 e. The van der Waals surface area contributed by atoms with Crippen LogP contribution in [-0.4, -0.2) is 19.4 Å². The molecule has 4 nitrogen and oxygen atoms in total. The topological polar surface area (TPSA) is 60.4 Å². The lowest BCUT2D eigenvalue weighted by Gasteiger charge is -2.25. The molecule has 1 rings (SSSR count). The summed E-state index contributed by atoms with van der Waals surface area (Å²) < 4.78 is 22.8. The summed E-state index contributed by atoms with van der Waals surface area (Å²) in [6.45, 7) is 1.42. The molecule has 1 aromatic rings. The maximum Gasteiger partial charge on any atom is 0.231 e. The van der Waals surface area contributed by atoms with Crippen LogP contribution < -0.4 is 0 Å². The largest absolute Gasteiger partial charge is 0.772 e. The zero-order valence-electron chi connectivity index (χ0n) is 7.17. The second-order valence-corrected chi connectivity index (χ2v) is 4.27. The summed E-state index contributed by atoms with van der Waals surface area (Å²) in [5.74, 6) is 0. The average molecular weight is 200 g/mol. The van der Waals surface area contributed by atoms with Gasteiger partial charge < -0.3 is 5.21 Å². The second-order valence-electron chi connectivity index (χ2n) is 2.44. The predicted molar refractivity (Wildman–Crippen MR) is 49.4 cm³/mol. The predicted octanol–water partition coefficient (Wildman–Crippen LogP) is 1.19. The van der Waals surface area contributed by atoms with Crippen LogP contribution in [0.3, 0.4) is 0 Å². The number of nitrogens with zero attached hydrogens (tertiary/aromatic N) is 1. The van der Waals surface area contributed by atoms with Crippen molar-refractivity contribution in [1.29, 1.82) is 0 Å². The summed E-state index contributed by atoms with van der Waals surface area (Å²) in [5.41, 5.74) is 0. The van der Waals surface area contributed by atoms with Gasteiger partial charge in [0.2, 0.25) is 10.0 Å². The molecule has 0 fully saturated rings. The molecule has 0 aliphatic rings. The van der Waals surface area contributed by atoms with Crippen LogP contribution in [0.1, 0.15) is 6.92 Å². The van der Waals surface area contributed by atoms with E-state index in [4.69, 9.17) is 0 Å². The Morgan fingerprint density at radius 3 is 2.31 bits per heavy atom. The first-order valence-electron chi connectivity index (χ1n) is 3.84. The zero-order chi connectivity index (χ0) is 9.90. The molecule has 0 aromatic heterocycles. The van der Waals surface area contributed by atoms with Gasteiger partial charge in [-0.05, 0) is 18.7 Å². The number of rotatable bonds is 3. The molecule has 0 N–H and O–H groups in total. The highest BCUT2D eigenvalue weighted by molar-refractivity contribution is 7.89. The Morgan fingerprint density at radius 2 is 1.85 bits per heavy atom. The monoisotopic (exact) mass is 200 g/mol. The molecule has 0 saturated heterocycles. The maximum atomic E-state index is 11.4. The third kappa shape index (κ3) is 2.06. The Balaban J connectivity index is 3.09. The fraction of sp³-hybridized carbons (Fsp3) is 0.250. The molecular weight excluding hydrogens is 190 g/mol. The third-order valence-corrected chi connectivity index (χ3v) is 3.23. The summed E-state index contributed by atoms with van der Waals surface area (Å²) in [7, 11) is -3.81. The van der Waals surface area contributed by atoms with Gasteiger partial charge in [-0.3, -0.25) is 4.47 Å². The zero-order valence-corrected chi connectivity index (χ0v) is 7.99. The highest BCUT2D eigenvalue weighted by Gasteiger charge is 2.13. The fourth-order valence-corrected chi connectivity index (χ4v) is 1.96. The van der Waals surface area contributed by atoms with Crippen molar-refractivity contribution >= 4 is 10.0 Å². The van der Waals surface area contributed by atoms with Gasteiger partial charge in [0.1, 0.15) is 0 Å². The standard InChI is InChI=1S/C8H10NO3S/c1-2-9(10)13(11,12)8-6-4-3-5-7-8/h3-7H,2H2,1H3/q-1. The molecule has 13 heavy (non-hydrogen) atoms. The van der Waals surface area contributed by atoms with Crippen molar-refractivity contribution in [2.45, 2.75) is 11.8 Å². The highest BCUT2D eigenvalue weighted by atomic mass is 32.2. The van der Waals surface area contributed by atoms with E-state index < -0.39 is 10.0 Å². The van der Waals surface area contributed by atoms with Crippen LogP contribution in [0.4, 0.5) is 0 Å². The van der Waals surface area contributed by atoms with E-state index in [0.29, 0.717) is 0 Å². The molecule has 0 amide bonds. The second kappa shape index (κ2) is 3.87. The molecule has 72 valence electrons. The number of hydrogen-bond donors (Lipinski definition) is 0. The van der Waals surface area contributed by atoms with Gasteiger partial charge in [-0.25, -0.2) is 8.42 Å². The average Bonchev–Trinajstić information content (AvgIpc) is 2.18. The van der Waals surface area contributed by atoms with E-state index in [1.165, 1.54) is 19.1 Å². The van der Waals surface area contributed by atoms with Gasteiger partial charge in [-0.15, -0.1) is 0 Å². The van der Waals surface area contributed by atoms with Crippen molar-refractivity contribution in [2.24, 2.45) is 0 Å². The van der Waals surface area contributed by atoms with E-state index in [2.05, 4.69) is 0 Å². The van der Waals surface area contributed by atoms with E-state index in [1.54, 1.807) is 18.2 Å². The Hall–Kier alpha value is -0.910. The molecule has 0 atom stereocenters. The van der Waals surface area contributed by atoms with Gasteiger partial charge in [-0.1, -0.05) is 25.1 Å². The van der Waals surface area contributed by atoms with E-state index in [1.807, 2.05) is 0 Å². The first-order valence-corrected chi connectivity index (χ1v) is 5.28. The number of benzene rings is 1.